The molecule has 0 N–H and O–H groups in total. The second-order valence-corrected chi connectivity index (χ2v) is 5.32. The van der Waals surface area contributed by atoms with E-state index in [-0.39, 0.29) is 0 Å². The van der Waals surface area contributed by atoms with Crippen LogP contribution in [0.4, 0.5) is 0 Å². The molecule has 0 amide bonds. The van der Waals surface area contributed by atoms with E-state index in [2.05, 4.69) is 80.1 Å². The van der Waals surface area contributed by atoms with Gasteiger partial charge in [-0.3, -0.25) is 0 Å². The number of hydrogen-bond donors (Lipinski definition) is 0. The quantitative estimate of drug-likeness (QED) is 0.436. The van der Waals surface area contributed by atoms with Gasteiger partial charge in [0.1, 0.15) is 0 Å². The van der Waals surface area contributed by atoms with Crippen LogP contribution in [0.25, 0.3) is 22.3 Å². The van der Waals surface area contributed by atoms with Crippen molar-refractivity contribution in [1.82, 2.24) is 0 Å². The minimum absolute atomic E-state index is 1.30. The first-order valence-corrected chi connectivity index (χ1v) is 6.98. The number of fused-ring (bicyclic) bond motifs is 3. The van der Waals surface area contributed by atoms with E-state index in [0.29, 0.717) is 0 Å². The van der Waals surface area contributed by atoms with E-state index in [0.717, 1.165) is 0 Å². The molecule has 4 rings (SSSR count). The van der Waals surface area contributed by atoms with Crippen molar-refractivity contribution in [3.8, 4) is 22.3 Å². The molecule has 3 aromatic carbocycles. The summed E-state index contributed by atoms with van der Waals surface area (Å²) in [6, 6.07) is 23.8. The van der Waals surface area contributed by atoms with Crippen molar-refractivity contribution in [2.24, 2.45) is 0 Å². The third-order valence-corrected chi connectivity index (χ3v) is 4.07. The van der Waals surface area contributed by atoms with Gasteiger partial charge in [0.2, 0.25) is 0 Å². The molecule has 0 saturated carbocycles. The van der Waals surface area contributed by atoms with Crippen LogP contribution in [0.3, 0.4) is 0 Å². The van der Waals surface area contributed by atoms with Crippen LogP contribution in [0.1, 0.15) is 16.7 Å². The SMILES string of the molecule is Cc1ccc2c(c1-c1ccccc1)[CH]c1ccccc1-2. The molecule has 0 bridgehead atoms. The lowest BCUT2D eigenvalue weighted by Gasteiger charge is -2.12. The lowest BCUT2D eigenvalue weighted by atomic mass is 9.92. The van der Waals surface area contributed by atoms with Crippen LogP contribution in [0.5, 0.6) is 0 Å². The molecular formula is C20H15. The lowest BCUT2D eigenvalue weighted by Crippen LogP contribution is -1.90. The van der Waals surface area contributed by atoms with Crippen LogP contribution in [-0.4, -0.2) is 0 Å². The van der Waals surface area contributed by atoms with Crippen molar-refractivity contribution in [3.63, 3.8) is 0 Å². The molecule has 1 aliphatic rings. The van der Waals surface area contributed by atoms with Gasteiger partial charge in [0.15, 0.2) is 0 Å². The van der Waals surface area contributed by atoms with Gasteiger partial charge in [0.05, 0.1) is 0 Å². The summed E-state index contributed by atoms with van der Waals surface area (Å²) in [5.41, 5.74) is 9.37. The van der Waals surface area contributed by atoms with Crippen LogP contribution in [0, 0.1) is 13.3 Å². The summed E-state index contributed by atoms with van der Waals surface area (Å²) in [5.74, 6) is 0. The molecule has 3 aromatic rings. The summed E-state index contributed by atoms with van der Waals surface area (Å²) < 4.78 is 0. The smallest absolute Gasteiger partial charge is 0.0218 e. The second kappa shape index (κ2) is 4.35. The fourth-order valence-corrected chi connectivity index (χ4v) is 3.12. The molecule has 0 nitrogen and oxygen atoms in total. The summed E-state index contributed by atoms with van der Waals surface area (Å²) in [6.45, 7) is 2.19. The predicted octanol–water partition coefficient (Wildman–Crippen LogP) is 5.24. The molecule has 0 spiro atoms. The molecule has 0 atom stereocenters. The van der Waals surface area contributed by atoms with Crippen LogP contribution in [0.15, 0.2) is 66.7 Å². The Labute approximate surface area is 119 Å². The molecule has 20 heavy (non-hydrogen) atoms. The zero-order chi connectivity index (χ0) is 13.5. The third-order valence-electron chi connectivity index (χ3n) is 4.07. The first-order valence-electron chi connectivity index (χ1n) is 6.98. The number of rotatable bonds is 1. The van der Waals surface area contributed by atoms with Gasteiger partial charge < -0.3 is 0 Å². The van der Waals surface area contributed by atoms with Crippen LogP contribution < -0.4 is 0 Å². The first kappa shape index (κ1) is 11.5. The van der Waals surface area contributed by atoms with Crippen molar-refractivity contribution in [2.45, 2.75) is 6.92 Å². The minimum Gasteiger partial charge on any atom is -0.0622 e. The Hall–Kier alpha value is -2.34. The maximum atomic E-state index is 2.32. The Balaban J connectivity index is 2.00. The van der Waals surface area contributed by atoms with Crippen molar-refractivity contribution in [1.29, 1.82) is 0 Å². The van der Waals surface area contributed by atoms with Crippen molar-refractivity contribution in [3.05, 3.63) is 89.8 Å². The highest BCUT2D eigenvalue weighted by Crippen LogP contribution is 2.43. The van der Waals surface area contributed by atoms with Gasteiger partial charge in [-0.05, 0) is 45.9 Å². The summed E-state index contributed by atoms with van der Waals surface area (Å²) in [7, 11) is 0. The minimum atomic E-state index is 1.30. The van der Waals surface area contributed by atoms with Gasteiger partial charge in [-0.2, -0.15) is 0 Å². The zero-order valence-electron chi connectivity index (χ0n) is 11.4. The summed E-state index contributed by atoms with van der Waals surface area (Å²) >= 11 is 0. The van der Waals surface area contributed by atoms with Gasteiger partial charge >= 0.3 is 0 Å². The number of benzene rings is 3. The van der Waals surface area contributed by atoms with Gasteiger partial charge in [-0.15, -0.1) is 0 Å². The van der Waals surface area contributed by atoms with E-state index in [9.17, 15) is 0 Å². The largest absolute Gasteiger partial charge is 0.0622 e. The molecule has 1 radical (unpaired) electrons. The fourth-order valence-electron chi connectivity index (χ4n) is 3.12. The highest BCUT2D eigenvalue weighted by atomic mass is 14.3. The fraction of sp³-hybridized carbons (Fsp3) is 0.0500. The summed E-state index contributed by atoms with van der Waals surface area (Å²) in [6.07, 6.45) is 2.32. The van der Waals surface area contributed by atoms with Crippen LogP contribution in [0.2, 0.25) is 0 Å². The number of aryl methyl sites for hydroxylation is 1. The Morgan fingerprint density at radius 2 is 1.40 bits per heavy atom. The summed E-state index contributed by atoms with van der Waals surface area (Å²) in [4.78, 5) is 0. The van der Waals surface area contributed by atoms with Gasteiger partial charge in [-0.1, -0.05) is 66.7 Å². The van der Waals surface area contributed by atoms with Gasteiger partial charge in [0, 0.05) is 6.42 Å². The monoisotopic (exact) mass is 255 g/mol. The molecule has 0 aliphatic heterocycles. The molecule has 0 heteroatoms. The summed E-state index contributed by atoms with van der Waals surface area (Å²) in [5, 5.41) is 0. The molecule has 0 saturated heterocycles. The first-order chi connectivity index (χ1) is 9.84. The van der Waals surface area contributed by atoms with Crippen molar-refractivity contribution in [2.75, 3.05) is 0 Å². The molecule has 0 aromatic heterocycles. The topological polar surface area (TPSA) is 0 Å². The normalized spacial score (nSPS) is 12.1. The van der Waals surface area contributed by atoms with Crippen molar-refractivity contribution < 1.29 is 0 Å². The highest BCUT2D eigenvalue weighted by Gasteiger charge is 2.22. The number of hydrogen-bond acceptors (Lipinski definition) is 0. The van der Waals surface area contributed by atoms with E-state index in [1.807, 2.05) is 0 Å². The Morgan fingerprint density at radius 3 is 2.25 bits per heavy atom. The van der Waals surface area contributed by atoms with E-state index >= 15 is 0 Å². The zero-order valence-corrected chi connectivity index (χ0v) is 11.4. The molecule has 0 fully saturated rings. The Morgan fingerprint density at radius 1 is 0.650 bits per heavy atom. The van der Waals surface area contributed by atoms with Gasteiger partial charge in [0.25, 0.3) is 0 Å². The third kappa shape index (κ3) is 1.61. The molecule has 95 valence electrons. The maximum Gasteiger partial charge on any atom is 0.0218 e. The predicted molar refractivity (Wildman–Crippen MR) is 84.6 cm³/mol. The lowest BCUT2D eigenvalue weighted by molar-refractivity contribution is 1.42. The molecular weight excluding hydrogens is 240 g/mol. The average molecular weight is 255 g/mol. The standard InChI is InChI=1S/C20H15/c1-14-11-12-18-17-10-6-5-9-16(17)13-19(18)20(14)15-7-3-2-4-8-15/h2-13H,1H3. The second-order valence-electron chi connectivity index (χ2n) is 5.32. The van der Waals surface area contributed by atoms with E-state index < -0.39 is 0 Å². The Kier molecular flexibility index (Phi) is 2.50. The Bertz CT molecular complexity index is 782. The highest BCUT2D eigenvalue weighted by molar-refractivity contribution is 5.89. The van der Waals surface area contributed by atoms with E-state index in [1.54, 1.807) is 0 Å². The average Bonchev–Trinajstić information content (AvgIpc) is 2.86. The van der Waals surface area contributed by atoms with Crippen LogP contribution >= 0.6 is 0 Å². The van der Waals surface area contributed by atoms with Gasteiger partial charge in [-0.25, -0.2) is 0 Å². The molecule has 0 heterocycles. The van der Waals surface area contributed by atoms with E-state index in [1.165, 1.54) is 38.9 Å². The maximum absolute atomic E-state index is 2.32. The molecule has 1 aliphatic carbocycles. The molecule has 0 unspecified atom stereocenters. The van der Waals surface area contributed by atoms with Crippen LogP contribution in [-0.2, 0) is 0 Å². The van der Waals surface area contributed by atoms with E-state index in [4.69, 9.17) is 0 Å². The van der Waals surface area contributed by atoms with Crippen molar-refractivity contribution >= 4 is 0 Å².